The second-order valence-corrected chi connectivity index (χ2v) is 25.4. The first-order valence-electron chi connectivity index (χ1n) is 31.6. The molecular formula is C54H98N16O26. The summed E-state index contributed by atoms with van der Waals surface area (Å²) in [6.07, 6.45) is -44.6. The Labute approximate surface area is 548 Å². The third-order valence-electron chi connectivity index (χ3n) is 18.7. The fraction of sp³-hybridized carbons (Fsp3) is 0.852. The highest BCUT2D eigenvalue weighted by atomic mass is 16.8. The van der Waals surface area contributed by atoms with Gasteiger partial charge in [-0.05, 0) is 37.1 Å². The van der Waals surface area contributed by atoms with Crippen LogP contribution in [-0.2, 0) is 56.8 Å². The lowest BCUT2D eigenvalue weighted by molar-refractivity contribution is -0.306. The number of nitrogens with one attached hydrogen (secondary N) is 4. The first-order chi connectivity index (χ1) is 45.5. The minimum atomic E-state index is -1.81. The second-order valence-electron chi connectivity index (χ2n) is 25.4. The lowest BCUT2D eigenvalue weighted by Gasteiger charge is -2.47. The molecule has 1 aromatic carbocycles. The first kappa shape index (κ1) is 76.5. The van der Waals surface area contributed by atoms with E-state index < -0.39 is 258 Å². The van der Waals surface area contributed by atoms with E-state index >= 15 is 0 Å². The highest BCUT2D eigenvalue weighted by Gasteiger charge is 2.58. The largest absolute Gasteiger partial charge is 0.389 e. The Bertz CT molecular complexity index is 2470. The summed E-state index contributed by atoms with van der Waals surface area (Å²) < 4.78 is 72.4. The van der Waals surface area contributed by atoms with Gasteiger partial charge in [0.2, 0.25) is 0 Å². The van der Waals surface area contributed by atoms with Crippen molar-refractivity contribution in [1.29, 1.82) is 0 Å². The molecule has 8 fully saturated rings. The van der Waals surface area contributed by atoms with Crippen molar-refractivity contribution in [2.45, 2.75) is 245 Å². The van der Waals surface area contributed by atoms with Crippen LogP contribution in [0.5, 0.6) is 0 Å². The molecule has 2 saturated carbocycles. The Hall–Kier alpha value is -3.68. The van der Waals surface area contributed by atoms with Crippen LogP contribution in [0.15, 0.2) is 24.3 Å². The average Bonchev–Trinajstić information content (AvgIpc) is 1.44. The van der Waals surface area contributed by atoms with E-state index in [0.29, 0.717) is 0 Å². The number of anilines is 2. The zero-order chi connectivity index (χ0) is 70.0. The summed E-state index contributed by atoms with van der Waals surface area (Å²) in [6.45, 7) is -1.99. The summed E-state index contributed by atoms with van der Waals surface area (Å²) in [5.41, 5.74) is 73.9. The fourth-order valence-corrected chi connectivity index (χ4v) is 12.9. The average molecular weight is 1390 g/mol. The van der Waals surface area contributed by atoms with Crippen LogP contribution in [0.25, 0.3) is 0 Å². The Morgan fingerprint density at radius 2 is 0.583 bits per heavy atom. The van der Waals surface area contributed by atoms with E-state index in [-0.39, 0.29) is 50.4 Å². The monoisotopic (exact) mass is 1390 g/mol. The van der Waals surface area contributed by atoms with Gasteiger partial charge >= 0.3 is 12.1 Å². The van der Waals surface area contributed by atoms with Gasteiger partial charge in [0, 0.05) is 74.8 Å². The molecule has 8 aliphatic rings. The second kappa shape index (κ2) is 33.0. The zero-order valence-electron chi connectivity index (χ0n) is 51.9. The Balaban J connectivity index is 0.844. The van der Waals surface area contributed by atoms with Crippen LogP contribution in [0.1, 0.15) is 12.8 Å². The molecule has 0 radical (unpaired) electrons. The maximum Gasteiger partial charge on any atom is 0.319 e. The topological polar surface area (TPSA) is 748 Å². The summed E-state index contributed by atoms with van der Waals surface area (Å²) in [4.78, 5) is 27.2. The minimum absolute atomic E-state index is 0.0241. The molecular weight excluding hydrogens is 1290 g/mol. The standard InChI is InChI=1S/C54H98N16O26/c55-7-19-31(73)35(77)25(63)47(85-19)91-41-17(61)5-15(59)29(71)45(41)95-51-39(81)43(93-49-27(65)37(79)33(75)21(9-57)87-49)23(89-51)11-67-53(83)69-13-1-2-14(4-3-13)70-54(84)68-12-24-44(94-50-28(66)38(80)34(76)22(10-58)88-50)40(82)52(90-24)96-46-30(72)16(60)6-18(62)42(46)92-48-26(64)36(78)32(74)20(8-56)86-48/h1-4,15-52,71-82H,5-12,55-66H2,(H2,67,69,83)(H2,68,70,84)/t15-,16+,17?,18?,19?,20?,21+,22-,23-,24-,25?,26?,27?,28?,29?,30+,31?,32?,33?,34?,35-,36-,37?,38?,39?,40?,41?,42?,43+,44?,45-,46?,47-,48+,49-,50+,51+,52+/m1/s1. The molecule has 0 spiro atoms. The number of carbonyl (C=O) groups is 2. The third-order valence-corrected chi connectivity index (χ3v) is 18.7. The van der Waals surface area contributed by atoms with Gasteiger partial charge in [0.25, 0.3) is 0 Å². The van der Waals surface area contributed by atoms with E-state index in [0.717, 1.165) is 0 Å². The number of hydrogen-bond acceptors (Lipinski definition) is 38. The summed E-state index contributed by atoms with van der Waals surface area (Å²) in [5, 5.41) is 142. The number of urea groups is 2. The maximum atomic E-state index is 13.6. The zero-order valence-corrected chi connectivity index (χ0v) is 51.9. The van der Waals surface area contributed by atoms with Crippen LogP contribution in [0.3, 0.4) is 0 Å². The summed E-state index contributed by atoms with van der Waals surface area (Å²) in [6, 6.07) is -5.62. The van der Waals surface area contributed by atoms with Crippen molar-refractivity contribution in [3.8, 4) is 0 Å². The van der Waals surface area contributed by atoms with Crippen LogP contribution >= 0.6 is 0 Å². The molecule has 550 valence electrons. The normalized spacial score (nSPS) is 48.5. The fourth-order valence-electron chi connectivity index (χ4n) is 12.9. The van der Waals surface area contributed by atoms with Crippen molar-refractivity contribution in [3.63, 3.8) is 0 Å². The van der Waals surface area contributed by atoms with Gasteiger partial charge in [0.1, 0.15) is 134 Å². The van der Waals surface area contributed by atoms with Crippen molar-refractivity contribution in [3.05, 3.63) is 24.3 Å². The van der Waals surface area contributed by atoms with Crippen molar-refractivity contribution in [2.75, 3.05) is 49.9 Å². The number of nitrogens with two attached hydrogens (primary N) is 12. The molecule has 4 amide bonds. The molecule has 40 N–H and O–H groups in total. The van der Waals surface area contributed by atoms with Crippen LogP contribution in [0, 0.1) is 0 Å². The number of benzene rings is 1. The van der Waals surface area contributed by atoms with Crippen LogP contribution < -0.4 is 90.1 Å². The van der Waals surface area contributed by atoms with Gasteiger partial charge in [-0.3, -0.25) is 0 Å². The maximum absolute atomic E-state index is 13.6. The van der Waals surface area contributed by atoms with Crippen molar-refractivity contribution in [1.82, 2.24) is 10.6 Å². The van der Waals surface area contributed by atoms with Crippen LogP contribution in [0.2, 0.25) is 0 Å². The molecule has 42 nitrogen and oxygen atoms in total. The Kier molecular flexibility index (Phi) is 26.3. The summed E-state index contributed by atoms with van der Waals surface area (Å²) in [7, 11) is 0. The van der Waals surface area contributed by atoms with E-state index in [9.17, 15) is 70.9 Å². The summed E-state index contributed by atoms with van der Waals surface area (Å²) in [5.74, 6) is 0. The Morgan fingerprint density at radius 1 is 0.333 bits per heavy atom. The number of amides is 4. The molecule has 1 aromatic rings. The lowest BCUT2D eigenvalue weighted by Crippen LogP contribution is -2.68. The van der Waals surface area contributed by atoms with Gasteiger partial charge in [-0.25, -0.2) is 9.59 Å². The van der Waals surface area contributed by atoms with Crippen LogP contribution in [-0.4, -0.2) is 345 Å². The SMILES string of the molecule is NCC1O[C@H](OC2C(N)C[C@@H](N)C(O)[C@H]2O[C@@H]2O[C@H](CNC(=O)Nc3ccc(NC(=O)NC[C@H]4O[C@@H](OC5C(O[C@@H]6OC(CN)C(O)[C@H](O)C6N)C(N)C[C@H](N)[C@@H]5O)C(O)C4O[C@@H]4O[C@H](CN)C(O)C(O)C4N)cc3)[C@H](O[C@H]3O[C@@H](CN)C(O)C(O)C3N)C2O)C(N)[C@@H](O)C1O. The molecule has 42 heteroatoms. The molecule has 0 aromatic heterocycles. The number of aliphatic hydroxyl groups excluding tert-OH is 12. The van der Waals surface area contributed by atoms with Gasteiger partial charge in [-0.2, -0.15) is 0 Å². The van der Waals surface area contributed by atoms with Gasteiger partial charge in [0.05, 0.1) is 36.4 Å². The molecule has 38 atom stereocenters. The van der Waals surface area contributed by atoms with Crippen molar-refractivity contribution < 1.29 is 128 Å². The highest BCUT2D eigenvalue weighted by molar-refractivity contribution is 5.91. The number of ether oxygens (including phenoxy) is 12. The quantitative estimate of drug-likeness (QED) is 0.0513. The molecule has 6 heterocycles. The minimum Gasteiger partial charge on any atom is -0.389 e. The molecule has 0 bridgehead atoms. The van der Waals surface area contributed by atoms with Gasteiger partial charge in [-0.1, -0.05) is 0 Å². The van der Waals surface area contributed by atoms with Crippen LogP contribution in [0.4, 0.5) is 21.0 Å². The predicted molar refractivity (Wildman–Crippen MR) is 323 cm³/mol. The predicted octanol–water partition coefficient (Wildman–Crippen LogP) is -15.8. The first-order valence-corrected chi connectivity index (χ1v) is 31.6. The van der Waals surface area contributed by atoms with E-state index in [2.05, 4.69) is 21.3 Å². The van der Waals surface area contributed by atoms with E-state index in [1.165, 1.54) is 24.3 Å². The summed E-state index contributed by atoms with van der Waals surface area (Å²) >= 11 is 0. The van der Waals surface area contributed by atoms with Crippen molar-refractivity contribution in [2.24, 2.45) is 68.8 Å². The smallest absolute Gasteiger partial charge is 0.319 e. The highest BCUT2D eigenvalue weighted by Crippen LogP contribution is 2.38. The molecule has 2 aliphatic carbocycles. The lowest BCUT2D eigenvalue weighted by atomic mass is 9.84. The van der Waals surface area contributed by atoms with Crippen molar-refractivity contribution >= 4 is 23.4 Å². The number of carbonyl (C=O) groups excluding carboxylic acids is 2. The Morgan fingerprint density at radius 3 is 0.854 bits per heavy atom. The van der Waals surface area contributed by atoms with Gasteiger partial charge in [-0.15, -0.1) is 0 Å². The molecule has 6 aliphatic heterocycles. The molecule has 9 rings (SSSR count). The van der Waals surface area contributed by atoms with E-state index in [4.69, 9.17) is 126 Å². The molecule has 6 saturated heterocycles. The molecule has 21 unspecified atom stereocenters. The number of aliphatic hydroxyl groups is 12. The third kappa shape index (κ3) is 16.6. The number of hydrogen-bond donors (Lipinski definition) is 28. The number of rotatable bonds is 22. The van der Waals surface area contributed by atoms with Gasteiger partial charge < -0.3 is 208 Å². The molecule has 96 heavy (non-hydrogen) atoms. The van der Waals surface area contributed by atoms with Gasteiger partial charge in [0.15, 0.2) is 37.7 Å². The van der Waals surface area contributed by atoms with E-state index in [1.54, 1.807) is 0 Å². The van der Waals surface area contributed by atoms with E-state index in [1.807, 2.05) is 0 Å².